The molecule has 0 bridgehead atoms. The molecule has 1 fully saturated rings. The normalized spacial score (nSPS) is 19.1. The van der Waals surface area contributed by atoms with E-state index >= 15 is 0 Å². The molecule has 0 radical (unpaired) electrons. The van der Waals surface area contributed by atoms with E-state index in [4.69, 9.17) is 0 Å². The van der Waals surface area contributed by atoms with Crippen LogP contribution in [0.5, 0.6) is 0 Å². The van der Waals surface area contributed by atoms with Gasteiger partial charge in [-0.15, -0.1) is 0 Å². The van der Waals surface area contributed by atoms with E-state index in [0.29, 0.717) is 55.3 Å². The molecule has 3 aromatic rings. The maximum atomic E-state index is 13.8. The van der Waals surface area contributed by atoms with Crippen molar-refractivity contribution in [3.63, 3.8) is 0 Å². The number of hydrogen-bond donors (Lipinski definition) is 0. The summed E-state index contributed by atoms with van der Waals surface area (Å²) in [5.41, 5.74) is 1.09. The molecule has 5 rings (SSSR count). The molecule has 182 valence electrons. The van der Waals surface area contributed by atoms with Crippen molar-refractivity contribution in [2.24, 2.45) is 4.99 Å². The summed E-state index contributed by atoms with van der Waals surface area (Å²) in [6.45, 7) is 3.86. The van der Waals surface area contributed by atoms with Gasteiger partial charge in [0.25, 0.3) is 5.91 Å². The van der Waals surface area contributed by atoms with Crippen molar-refractivity contribution in [2.75, 3.05) is 31.1 Å². The molecule has 2 aliphatic heterocycles. The first-order chi connectivity index (χ1) is 16.8. The molecule has 0 aliphatic carbocycles. The number of aliphatic imine (C=N–C) groups is 1. The first-order valence-electron chi connectivity index (χ1n) is 11.3. The molecule has 0 spiro atoms. The fourth-order valence-electron chi connectivity index (χ4n) is 4.30. The van der Waals surface area contributed by atoms with Gasteiger partial charge in [0.1, 0.15) is 5.82 Å². The SMILES string of the molecule is C[C@@H]1CCN(c2cnc(C(F)(F)F)cn2)CCN1C(=O)c1nn2cccnc2c1C1=NCCC=C1. The highest BCUT2D eigenvalue weighted by Gasteiger charge is 2.34. The van der Waals surface area contributed by atoms with E-state index in [1.807, 2.05) is 24.0 Å². The molecule has 9 nitrogen and oxygen atoms in total. The van der Waals surface area contributed by atoms with Crippen molar-refractivity contribution in [3.05, 3.63) is 60.0 Å². The van der Waals surface area contributed by atoms with Crippen LogP contribution in [0.4, 0.5) is 19.0 Å². The van der Waals surface area contributed by atoms with Crippen LogP contribution in [0, 0.1) is 0 Å². The molecule has 12 heteroatoms. The minimum absolute atomic E-state index is 0.121. The van der Waals surface area contributed by atoms with E-state index in [9.17, 15) is 18.0 Å². The van der Waals surface area contributed by atoms with Gasteiger partial charge in [-0.05, 0) is 31.9 Å². The van der Waals surface area contributed by atoms with Gasteiger partial charge in [-0.2, -0.15) is 18.3 Å². The standard InChI is InChI=1S/C23H23F3N8O/c1-15-6-10-32(18-14-29-17(13-30-18)23(24,25)26)11-12-33(15)22(35)20-19(16-5-2-3-7-27-16)21-28-8-4-9-34(21)31-20/h2,4-5,8-9,13-15H,3,6-7,10-12H2,1H3/t15-/m1/s1. The predicted molar refractivity (Wildman–Crippen MR) is 123 cm³/mol. The highest BCUT2D eigenvalue weighted by molar-refractivity contribution is 6.18. The van der Waals surface area contributed by atoms with Crippen molar-refractivity contribution in [1.29, 1.82) is 0 Å². The summed E-state index contributed by atoms with van der Waals surface area (Å²) < 4.78 is 40.1. The number of fused-ring (bicyclic) bond motifs is 1. The molecule has 2 aliphatic rings. The van der Waals surface area contributed by atoms with Gasteiger partial charge in [-0.1, -0.05) is 6.08 Å². The average molecular weight is 484 g/mol. The Morgan fingerprint density at radius 1 is 1.11 bits per heavy atom. The monoisotopic (exact) mass is 484 g/mol. The quantitative estimate of drug-likeness (QED) is 0.568. The molecule has 3 aromatic heterocycles. The van der Waals surface area contributed by atoms with Crippen molar-refractivity contribution in [1.82, 2.24) is 29.5 Å². The summed E-state index contributed by atoms with van der Waals surface area (Å²) >= 11 is 0. The zero-order valence-corrected chi connectivity index (χ0v) is 19.0. The molecule has 0 saturated carbocycles. The van der Waals surface area contributed by atoms with Gasteiger partial charge in [0.2, 0.25) is 0 Å². The number of carbonyl (C=O) groups excluding carboxylic acids is 1. The topological polar surface area (TPSA) is 91.9 Å². The summed E-state index contributed by atoms with van der Waals surface area (Å²) in [4.78, 5) is 33.8. The number of hydrogen-bond acceptors (Lipinski definition) is 7. The Labute approximate surface area is 199 Å². The lowest BCUT2D eigenvalue weighted by Crippen LogP contribution is -2.40. The number of amides is 1. The van der Waals surface area contributed by atoms with Gasteiger partial charge in [0.05, 0.1) is 23.7 Å². The Bertz CT molecular complexity index is 1300. The second-order valence-corrected chi connectivity index (χ2v) is 8.45. The van der Waals surface area contributed by atoms with Crippen LogP contribution >= 0.6 is 0 Å². The van der Waals surface area contributed by atoms with Crippen LogP contribution < -0.4 is 4.90 Å². The Kier molecular flexibility index (Phi) is 5.95. The summed E-state index contributed by atoms with van der Waals surface area (Å²) in [6, 6.07) is 1.62. The van der Waals surface area contributed by atoms with Crippen molar-refractivity contribution < 1.29 is 18.0 Å². The lowest BCUT2D eigenvalue weighted by atomic mass is 10.1. The third-order valence-corrected chi connectivity index (χ3v) is 6.18. The number of anilines is 1. The third kappa shape index (κ3) is 4.47. The number of nitrogens with zero attached hydrogens (tertiary/aromatic N) is 8. The molecule has 0 unspecified atom stereocenters. The Balaban J connectivity index is 1.42. The van der Waals surface area contributed by atoms with Crippen LogP contribution in [0.25, 0.3) is 5.65 Å². The maximum Gasteiger partial charge on any atom is 0.434 e. The van der Waals surface area contributed by atoms with Crippen LogP contribution in [0.1, 0.15) is 41.5 Å². The lowest BCUT2D eigenvalue weighted by molar-refractivity contribution is -0.141. The van der Waals surface area contributed by atoms with Crippen molar-refractivity contribution in [2.45, 2.75) is 32.0 Å². The van der Waals surface area contributed by atoms with Crippen molar-refractivity contribution >= 4 is 23.1 Å². The van der Waals surface area contributed by atoms with Gasteiger partial charge in [0, 0.05) is 44.6 Å². The molecular weight excluding hydrogens is 461 g/mol. The van der Waals surface area contributed by atoms with Crippen LogP contribution in [0.15, 0.2) is 48.0 Å². The maximum absolute atomic E-state index is 13.8. The second kappa shape index (κ2) is 9.08. The van der Waals surface area contributed by atoms with Gasteiger partial charge < -0.3 is 9.80 Å². The van der Waals surface area contributed by atoms with E-state index in [0.717, 1.165) is 18.8 Å². The summed E-state index contributed by atoms with van der Waals surface area (Å²) in [7, 11) is 0. The molecule has 1 saturated heterocycles. The Morgan fingerprint density at radius 2 is 1.97 bits per heavy atom. The average Bonchev–Trinajstić information content (AvgIpc) is 3.14. The third-order valence-electron chi connectivity index (χ3n) is 6.18. The zero-order chi connectivity index (χ0) is 24.6. The number of alkyl halides is 3. The minimum Gasteiger partial charge on any atom is -0.353 e. The van der Waals surface area contributed by atoms with E-state index in [1.54, 1.807) is 27.9 Å². The molecule has 0 N–H and O–H groups in total. The van der Waals surface area contributed by atoms with Crippen LogP contribution in [-0.2, 0) is 6.18 Å². The van der Waals surface area contributed by atoms with E-state index < -0.39 is 11.9 Å². The fraction of sp³-hybridized carbons (Fsp3) is 0.391. The highest BCUT2D eigenvalue weighted by Crippen LogP contribution is 2.28. The number of rotatable bonds is 3. The number of allylic oxidation sites excluding steroid dienone is 1. The van der Waals surface area contributed by atoms with Crippen molar-refractivity contribution in [3.8, 4) is 0 Å². The predicted octanol–water partition coefficient (Wildman–Crippen LogP) is 3.03. The summed E-state index contributed by atoms with van der Waals surface area (Å²) in [5, 5.41) is 4.54. The van der Waals surface area contributed by atoms with E-state index in [-0.39, 0.29) is 17.6 Å². The largest absolute Gasteiger partial charge is 0.434 e. The number of aromatic nitrogens is 5. The Hall–Kier alpha value is -3.83. The fourth-order valence-corrected chi connectivity index (χ4v) is 4.30. The van der Waals surface area contributed by atoms with Gasteiger partial charge >= 0.3 is 6.18 Å². The summed E-state index contributed by atoms with van der Waals surface area (Å²) in [5.74, 6) is 0.110. The van der Waals surface area contributed by atoms with E-state index in [2.05, 4.69) is 25.0 Å². The first-order valence-corrected chi connectivity index (χ1v) is 11.3. The van der Waals surface area contributed by atoms with Crippen LogP contribution in [0.2, 0.25) is 0 Å². The molecular formula is C23H23F3N8O. The summed E-state index contributed by atoms with van der Waals surface area (Å²) in [6.07, 6.45) is 6.07. The van der Waals surface area contributed by atoms with Crippen LogP contribution in [-0.4, -0.2) is 73.3 Å². The minimum atomic E-state index is -4.54. The Morgan fingerprint density at radius 3 is 2.69 bits per heavy atom. The molecule has 35 heavy (non-hydrogen) atoms. The smallest absolute Gasteiger partial charge is 0.353 e. The van der Waals surface area contributed by atoms with Gasteiger partial charge in [-0.3, -0.25) is 9.79 Å². The molecule has 1 atom stereocenters. The second-order valence-electron chi connectivity index (χ2n) is 8.45. The van der Waals surface area contributed by atoms with Gasteiger partial charge in [0.15, 0.2) is 17.0 Å². The molecule has 1 amide bonds. The lowest BCUT2D eigenvalue weighted by Gasteiger charge is -2.26. The highest BCUT2D eigenvalue weighted by atomic mass is 19.4. The van der Waals surface area contributed by atoms with Gasteiger partial charge in [-0.25, -0.2) is 19.5 Å². The molecule has 0 aromatic carbocycles. The number of halogens is 3. The number of carbonyl (C=O) groups is 1. The molecule has 5 heterocycles. The number of dihydropyridines is 1. The van der Waals surface area contributed by atoms with Crippen LogP contribution in [0.3, 0.4) is 0 Å². The zero-order valence-electron chi connectivity index (χ0n) is 19.0. The first kappa shape index (κ1) is 22.9. The van der Waals surface area contributed by atoms with E-state index in [1.165, 1.54) is 0 Å².